The summed E-state index contributed by atoms with van der Waals surface area (Å²) in [5.41, 5.74) is -1.14. The lowest BCUT2D eigenvalue weighted by atomic mass is 10.2. The van der Waals surface area contributed by atoms with Crippen molar-refractivity contribution in [2.75, 3.05) is 32.8 Å². The number of nitrogens with zero attached hydrogens (tertiary/aromatic N) is 2. The summed E-state index contributed by atoms with van der Waals surface area (Å²) in [5, 5.41) is 5.87. The highest BCUT2D eigenvalue weighted by atomic mass is 35.5. The standard InChI is InChI=1S/C22H23Cl2F3N4O3/c1-33-10-8-13(12-34-2)28-11-17-19(22(25,26)27)30-20-16(7-4-9-31(17)20)29-21(32)18-14(23)5-3-6-15(18)24/h3-7,9,13,28H,8,10-12H2,1-2H3,(H,29,32). The van der Waals surface area contributed by atoms with E-state index in [0.717, 1.165) is 0 Å². The van der Waals surface area contributed by atoms with Gasteiger partial charge in [-0.25, -0.2) is 4.98 Å². The van der Waals surface area contributed by atoms with Crippen LogP contribution in [0.5, 0.6) is 0 Å². The van der Waals surface area contributed by atoms with Gasteiger partial charge in [-0.3, -0.25) is 4.79 Å². The number of halogens is 5. The average Bonchev–Trinajstić information content (AvgIpc) is 3.16. The second kappa shape index (κ2) is 11.4. The van der Waals surface area contributed by atoms with Gasteiger partial charge in [0.2, 0.25) is 0 Å². The van der Waals surface area contributed by atoms with Gasteiger partial charge in [0, 0.05) is 39.6 Å². The second-order valence-corrected chi connectivity index (χ2v) is 8.20. The van der Waals surface area contributed by atoms with E-state index in [1.807, 2.05) is 0 Å². The Morgan fingerprint density at radius 3 is 2.47 bits per heavy atom. The van der Waals surface area contributed by atoms with Crippen molar-refractivity contribution in [3.05, 3.63) is 63.5 Å². The number of anilines is 1. The number of methoxy groups -OCH3 is 2. The number of alkyl halides is 3. The van der Waals surface area contributed by atoms with Crippen LogP contribution in [0.3, 0.4) is 0 Å². The Morgan fingerprint density at radius 1 is 1.15 bits per heavy atom. The van der Waals surface area contributed by atoms with Crippen molar-refractivity contribution in [3.63, 3.8) is 0 Å². The van der Waals surface area contributed by atoms with Gasteiger partial charge in [0.05, 0.1) is 33.6 Å². The normalized spacial score (nSPS) is 12.8. The van der Waals surface area contributed by atoms with Gasteiger partial charge < -0.3 is 24.5 Å². The van der Waals surface area contributed by atoms with E-state index in [1.165, 1.54) is 42.0 Å². The van der Waals surface area contributed by atoms with E-state index < -0.39 is 17.8 Å². The van der Waals surface area contributed by atoms with Crippen molar-refractivity contribution in [1.29, 1.82) is 0 Å². The molecule has 12 heteroatoms. The molecule has 34 heavy (non-hydrogen) atoms. The molecule has 0 aliphatic heterocycles. The number of carbonyl (C=O) groups excluding carboxylic acids is 1. The van der Waals surface area contributed by atoms with Crippen LogP contribution in [0.15, 0.2) is 36.5 Å². The summed E-state index contributed by atoms with van der Waals surface area (Å²) < 4.78 is 53.1. The zero-order valence-electron chi connectivity index (χ0n) is 18.4. The minimum absolute atomic E-state index is 0.0119. The molecule has 1 aromatic carbocycles. The monoisotopic (exact) mass is 518 g/mol. The Balaban J connectivity index is 1.97. The van der Waals surface area contributed by atoms with Crippen LogP contribution in [0, 0.1) is 0 Å². The van der Waals surface area contributed by atoms with Crippen molar-refractivity contribution in [3.8, 4) is 0 Å². The third-order valence-corrected chi connectivity index (χ3v) is 5.68. The molecule has 1 atom stereocenters. The topological polar surface area (TPSA) is 76.9 Å². The van der Waals surface area contributed by atoms with E-state index in [-0.39, 0.29) is 45.2 Å². The van der Waals surface area contributed by atoms with Crippen molar-refractivity contribution in [2.45, 2.75) is 25.2 Å². The largest absolute Gasteiger partial charge is 0.435 e. The number of aromatic nitrogens is 2. The second-order valence-electron chi connectivity index (χ2n) is 7.39. The van der Waals surface area contributed by atoms with Crippen LogP contribution >= 0.6 is 23.2 Å². The summed E-state index contributed by atoms with van der Waals surface area (Å²) in [6, 6.07) is 7.29. The highest BCUT2D eigenvalue weighted by Crippen LogP contribution is 2.34. The number of hydrogen-bond acceptors (Lipinski definition) is 5. The zero-order chi connectivity index (χ0) is 24.9. The zero-order valence-corrected chi connectivity index (χ0v) is 19.9. The summed E-state index contributed by atoms with van der Waals surface area (Å²) in [7, 11) is 3.05. The van der Waals surface area contributed by atoms with E-state index in [4.69, 9.17) is 32.7 Å². The SMILES string of the molecule is COCCC(COC)NCc1c(C(F)(F)F)nc2c(NC(=O)c3c(Cl)cccc3Cl)cccn12. The number of pyridine rings is 1. The van der Waals surface area contributed by atoms with Crippen molar-refractivity contribution < 1.29 is 27.4 Å². The molecular formula is C22H23Cl2F3N4O3. The van der Waals surface area contributed by atoms with E-state index in [2.05, 4.69) is 15.6 Å². The molecule has 0 saturated carbocycles. The molecule has 7 nitrogen and oxygen atoms in total. The fourth-order valence-corrected chi connectivity index (χ4v) is 4.03. The highest BCUT2D eigenvalue weighted by molar-refractivity contribution is 6.40. The lowest BCUT2D eigenvalue weighted by Gasteiger charge is -2.18. The third-order valence-electron chi connectivity index (χ3n) is 5.05. The van der Waals surface area contributed by atoms with Crippen LogP contribution in [-0.2, 0) is 22.2 Å². The van der Waals surface area contributed by atoms with Crippen molar-refractivity contribution in [1.82, 2.24) is 14.7 Å². The maximum absolute atomic E-state index is 13.9. The van der Waals surface area contributed by atoms with E-state index in [0.29, 0.717) is 19.6 Å². The number of benzene rings is 1. The van der Waals surface area contributed by atoms with Crippen LogP contribution < -0.4 is 10.6 Å². The first-order valence-electron chi connectivity index (χ1n) is 10.2. The lowest BCUT2D eigenvalue weighted by molar-refractivity contribution is -0.141. The summed E-state index contributed by atoms with van der Waals surface area (Å²) in [6.45, 7) is 0.573. The number of hydrogen-bond donors (Lipinski definition) is 2. The molecule has 0 aliphatic rings. The van der Waals surface area contributed by atoms with Gasteiger partial charge in [0.15, 0.2) is 11.3 Å². The summed E-state index contributed by atoms with van der Waals surface area (Å²) >= 11 is 12.2. The number of amides is 1. The third kappa shape index (κ3) is 6.00. The Bertz CT molecular complexity index is 1130. The molecule has 0 saturated heterocycles. The maximum atomic E-state index is 13.9. The molecule has 2 N–H and O–H groups in total. The molecule has 0 bridgehead atoms. The predicted molar refractivity (Wildman–Crippen MR) is 124 cm³/mol. The van der Waals surface area contributed by atoms with Crippen LogP contribution in [0.25, 0.3) is 5.65 Å². The minimum atomic E-state index is -4.71. The summed E-state index contributed by atoms with van der Waals surface area (Å²) in [6.07, 6.45) is -2.71. The molecule has 0 spiro atoms. The predicted octanol–water partition coefficient (Wildman–Crippen LogP) is 5.05. The number of fused-ring (bicyclic) bond motifs is 1. The lowest BCUT2D eigenvalue weighted by Crippen LogP contribution is -2.34. The van der Waals surface area contributed by atoms with Gasteiger partial charge in [-0.2, -0.15) is 13.2 Å². The first-order valence-corrected chi connectivity index (χ1v) is 11.0. The molecule has 0 radical (unpaired) electrons. The number of ether oxygens (including phenoxy) is 2. The average molecular weight is 519 g/mol. The van der Waals surface area contributed by atoms with Crippen LogP contribution in [0.1, 0.15) is 28.2 Å². The molecule has 3 aromatic rings. The number of carbonyl (C=O) groups is 1. The fraction of sp³-hybridized carbons (Fsp3) is 0.364. The quantitative estimate of drug-likeness (QED) is 0.392. The van der Waals surface area contributed by atoms with Gasteiger partial charge in [-0.05, 0) is 30.7 Å². The smallest absolute Gasteiger partial charge is 0.385 e. The molecular weight excluding hydrogens is 496 g/mol. The number of nitrogens with one attached hydrogen (secondary N) is 2. The van der Waals surface area contributed by atoms with Gasteiger partial charge >= 0.3 is 6.18 Å². The van der Waals surface area contributed by atoms with Gasteiger partial charge in [0.25, 0.3) is 5.91 Å². The molecule has 0 aliphatic carbocycles. The first-order chi connectivity index (χ1) is 16.2. The molecule has 2 heterocycles. The van der Waals surface area contributed by atoms with Gasteiger partial charge in [0.1, 0.15) is 0 Å². The van der Waals surface area contributed by atoms with E-state index in [9.17, 15) is 18.0 Å². The molecule has 1 unspecified atom stereocenters. The van der Waals surface area contributed by atoms with Crippen molar-refractivity contribution >= 4 is 40.4 Å². The van der Waals surface area contributed by atoms with Crippen LogP contribution in [0.2, 0.25) is 10.0 Å². The van der Waals surface area contributed by atoms with E-state index in [1.54, 1.807) is 13.2 Å². The fourth-order valence-electron chi connectivity index (χ4n) is 3.46. The minimum Gasteiger partial charge on any atom is -0.385 e. The highest BCUT2D eigenvalue weighted by Gasteiger charge is 2.38. The molecule has 184 valence electrons. The number of imidazole rings is 1. The Labute approximate surface area is 204 Å². The van der Waals surface area contributed by atoms with Crippen LogP contribution in [0.4, 0.5) is 18.9 Å². The Kier molecular flexibility index (Phi) is 8.78. The van der Waals surface area contributed by atoms with Crippen molar-refractivity contribution in [2.24, 2.45) is 0 Å². The van der Waals surface area contributed by atoms with Crippen LogP contribution in [-0.4, -0.2) is 48.8 Å². The molecule has 0 fully saturated rings. The molecule has 2 aromatic heterocycles. The van der Waals surface area contributed by atoms with Gasteiger partial charge in [-0.15, -0.1) is 0 Å². The van der Waals surface area contributed by atoms with E-state index >= 15 is 0 Å². The van der Waals surface area contributed by atoms with Gasteiger partial charge in [-0.1, -0.05) is 29.3 Å². The summed E-state index contributed by atoms with van der Waals surface area (Å²) in [4.78, 5) is 16.6. The Morgan fingerprint density at radius 2 is 1.85 bits per heavy atom. The molecule has 1 amide bonds. The number of rotatable bonds is 10. The summed E-state index contributed by atoms with van der Waals surface area (Å²) in [5.74, 6) is -0.667. The Hall–Kier alpha value is -2.37. The molecule has 3 rings (SSSR count). The first kappa shape index (κ1) is 26.2. The maximum Gasteiger partial charge on any atom is 0.435 e.